The highest BCUT2D eigenvalue weighted by Gasteiger charge is 2.23. The maximum Gasteiger partial charge on any atom is 0.267 e. The Labute approximate surface area is 161 Å². The number of nitrogens with zero attached hydrogens (tertiary/aromatic N) is 2. The molecule has 146 valence electrons. The van der Waals surface area contributed by atoms with Crippen LogP contribution in [-0.4, -0.2) is 46.0 Å². The van der Waals surface area contributed by atoms with Gasteiger partial charge in [0.25, 0.3) is 11.8 Å². The van der Waals surface area contributed by atoms with Gasteiger partial charge < -0.3 is 10.2 Å². The van der Waals surface area contributed by atoms with E-state index in [1.54, 1.807) is 17.2 Å². The molecule has 0 bridgehead atoms. The van der Waals surface area contributed by atoms with Crippen LogP contribution >= 0.6 is 0 Å². The number of piperidine rings is 1. The third-order valence-corrected chi connectivity index (χ3v) is 4.55. The molecule has 2 aromatic rings. The molecule has 8 heteroatoms. The van der Waals surface area contributed by atoms with Crippen LogP contribution in [0.3, 0.4) is 0 Å². The Morgan fingerprint density at radius 2 is 1.86 bits per heavy atom. The molecule has 3 N–H and O–H groups in total. The summed E-state index contributed by atoms with van der Waals surface area (Å²) in [4.78, 5) is 29.5. The molecule has 1 aromatic carbocycles. The number of rotatable bonds is 5. The van der Waals surface area contributed by atoms with Crippen molar-refractivity contribution in [3.63, 3.8) is 0 Å². The average molecular weight is 384 g/mol. The second-order valence-electron chi connectivity index (χ2n) is 6.50. The maximum absolute atomic E-state index is 13.0. The molecule has 28 heavy (non-hydrogen) atoms. The number of anilines is 1. The number of carbonyl (C=O) groups is 2. The van der Waals surface area contributed by atoms with E-state index in [2.05, 4.69) is 10.3 Å². The average Bonchev–Trinajstić information content (AvgIpc) is 2.73. The number of nitrogens with one attached hydrogen (secondary N) is 2. The van der Waals surface area contributed by atoms with Crippen molar-refractivity contribution in [2.24, 2.45) is 0 Å². The quantitative estimate of drug-likeness (QED) is 0.418. The molecule has 1 aliphatic heterocycles. The molecule has 0 unspecified atom stereocenters. The van der Waals surface area contributed by atoms with Gasteiger partial charge in [-0.05, 0) is 60.9 Å². The standard InChI is InChI=1S/C20H21FN4O3/c21-16-5-3-15(4-6-16)20(27)25-11-9-17(10-12-25)23-18-7-1-14(13-22-18)2-8-19(26)24-28/h1-8,13,17,28H,9-12H2,(H,22,23)(H,24,26)/b8-2+. The van der Waals surface area contributed by atoms with Gasteiger partial charge in [-0.1, -0.05) is 0 Å². The van der Waals surface area contributed by atoms with E-state index in [0.29, 0.717) is 24.5 Å². The van der Waals surface area contributed by atoms with Crippen LogP contribution in [0.1, 0.15) is 28.8 Å². The van der Waals surface area contributed by atoms with Gasteiger partial charge in [0.2, 0.25) is 0 Å². The third kappa shape index (κ3) is 5.14. The fraction of sp³-hybridized carbons (Fsp3) is 0.250. The normalized spacial score (nSPS) is 14.9. The lowest BCUT2D eigenvalue weighted by Gasteiger charge is -2.32. The smallest absolute Gasteiger partial charge is 0.267 e. The van der Waals surface area contributed by atoms with Crippen LogP contribution in [0.5, 0.6) is 0 Å². The molecule has 1 saturated heterocycles. The molecule has 0 aliphatic carbocycles. The van der Waals surface area contributed by atoms with Gasteiger partial charge in [-0.25, -0.2) is 14.9 Å². The lowest BCUT2D eigenvalue weighted by atomic mass is 10.0. The van der Waals surface area contributed by atoms with E-state index in [1.807, 2.05) is 12.1 Å². The second-order valence-corrected chi connectivity index (χ2v) is 6.50. The first-order valence-electron chi connectivity index (χ1n) is 8.95. The molecule has 2 amide bonds. The Bertz CT molecular complexity index is 845. The number of hydrogen-bond acceptors (Lipinski definition) is 5. The molecular weight excluding hydrogens is 363 g/mol. The Balaban J connectivity index is 1.50. The van der Waals surface area contributed by atoms with Crippen molar-refractivity contribution in [2.75, 3.05) is 18.4 Å². The molecule has 0 radical (unpaired) electrons. The third-order valence-electron chi connectivity index (χ3n) is 4.55. The van der Waals surface area contributed by atoms with E-state index in [4.69, 9.17) is 5.21 Å². The van der Waals surface area contributed by atoms with Gasteiger partial charge >= 0.3 is 0 Å². The lowest BCUT2D eigenvalue weighted by Crippen LogP contribution is -2.42. The highest BCUT2D eigenvalue weighted by Crippen LogP contribution is 2.18. The van der Waals surface area contributed by atoms with Gasteiger partial charge in [-0.3, -0.25) is 14.8 Å². The summed E-state index contributed by atoms with van der Waals surface area (Å²) >= 11 is 0. The zero-order valence-electron chi connectivity index (χ0n) is 15.1. The number of amides is 2. The number of hydrogen-bond donors (Lipinski definition) is 3. The van der Waals surface area contributed by atoms with E-state index in [0.717, 1.165) is 18.4 Å². The van der Waals surface area contributed by atoms with E-state index in [1.165, 1.54) is 35.8 Å². The topological polar surface area (TPSA) is 94.6 Å². The van der Waals surface area contributed by atoms with Crippen molar-refractivity contribution in [1.82, 2.24) is 15.4 Å². The Kier molecular flexibility index (Phi) is 6.33. The van der Waals surface area contributed by atoms with Crippen LogP contribution in [0.15, 0.2) is 48.7 Å². The zero-order chi connectivity index (χ0) is 19.9. The summed E-state index contributed by atoms with van der Waals surface area (Å²) in [6.45, 7) is 1.23. The maximum atomic E-state index is 13.0. The highest BCUT2D eigenvalue weighted by atomic mass is 19.1. The Morgan fingerprint density at radius 1 is 1.14 bits per heavy atom. The summed E-state index contributed by atoms with van der Waals surface area (Å²) in [6.07, 6.45) is 5.94. The van der Waals surface area contributed by atoms with Crippen LogP contribution in [0.4, 0.5) is 10.2 Å². The van der Waals surface area contributed by atoms with Crippen LogP contribution < -0.4 is 10.8 Å². The van der Waals surface area contributed by atoms with Crippen LogP contribution in [0.2, 0.25) is 0 Å². The van der Waals surface area contributed by atoms with Gasteiger partial charge in [0, 0.05) is 37.0 Å². The molecule has 2 heterocycles. The summed E-state index contributed by atoms with van der Waals surface area (Å²) in [5, 5.41) is 11.8. The number of hydroxylamine groups is 1. The molecule has 0 spiro atoms. The van der Waals surface area contributed by atoms with E-state index >= 15 is 0 Å². The van der Waals surface area contributed by atoms with Crippen molar-refractivity contribution < 1.29 is 19.2 Å². The molecule has 1 aliphatic rings. The highest BCUT2D eigenvalue weighted by molar-refractivity contribution is 5.94. The summed E-state index contributed by atoms with van der Waals surface area (Å²) < 4.78 is 13.0. The molecule has 7 nitrogen and oxygen atoms in total. The van der Waals surface area contributed by atoms with Crippen LogP contribution in [0.25, 0.3) is 6.08 Å². The minimum atomic E-state index is -0.607. The SMILES string of the molecule is O=C(/C=C/c1ccc(NC2CCN(C(=O)c3ccc(F)cc3)CC2)nc1)NO. The number of halogens is 1. The lowest BCUT2D eigenvalue weighted by molar-refractivity contribution is -0.124. The number of likely N-dealkylation sites (tertiary alicyclic amines) is 1. The molecule has 0 saturated carbocycles. The minimum absolute atomic E-state index is 0.0837. The van der Waals surface area contributed by atoms with Gasteiger partial charge in [0.15, 0.2) is 0 Å². The summed E-state index contributed by atoms with van der Waals surface area (Å²) in [7, 11) is 0. The van der Waals surface area contributed by atoms with Crippen molar-refractivity contribution in [3.8, 4) is 0 Å². The fourth-order valence-corrected chi connectivity index (χ4v) is 3.01. The van der Waals surface area contributed by atoms with Crippen molar-refractivity contribution in [2.45, 2.75) is 18.9 Å². The number of benzene rings is 1. The van der Waals surface area contributed by atoms with Crippen LogP contribution in [-0.2, 0) is 4.79 Å². The number of aromatic nitrogens is 1. The first kappa shape index (κ1) is 19.5. The molecule has 0 atom stereocenters. The van der Waals surface area contributed by atoms with Crippen molar-refractivity contribution in [3.05, 3.63) is 65.6 Å². The Hall–Kier alpha value is -3.26. The van der Waals surface area contributed by atoms with Crippen molar-refractivity contribution >= 4 is 23.7 Å². The summed E-state index contributed by atoms with van der Waals surface area (Å²) in [5.41, 5.74) is 2.75. The second kappa shape index (κ2) is 9.09. The first-order chi connectivity index (χ1) is 13.5. The van der Waals surface area contributed by atoms with Gasteiger partial charge in [-0.2, -0.15) is 0 Å². The molecular formula is C20H21FN4O3. The van der Waals surface area contributed by atoms with Crippen LogP contribution in [0, 0.1) is 5.82 Å². The van der Waals surface area contributed by atoms with Gasteiger partial charge in [-0.15, -0.1) is 0 Å². The van der Waals surface area contributed by atoms with E-state index < -0.39 is 5.91 Å². The van der Waals surface area contributed by atoms with E-state index in [9.17, 15) is 14.0 Å². The number of pyridine rings is 1. The minimum Gasteiger partial charge on any atom is -0.367 e. The van der Waals surface area contributed by atoms with Crippen molar-refractivity contribution in [1.29, 1.82) is 0 Å². The Morgan fingerprint density at radius 3 is 2.46 bits per heavy atom. The predicted octanol–water partition coefficient (Wildman–Crippen LogP) is 2.46. The van der Waals surface area contributed by atoms with E-state index in [-0.39, 0.29) is 17.8 Å². The summed E-state index contributed by atoms with van der Waals surface area (Å²) in [5.74, 6) is -0.332. The summed E-state index contributed by atoms with van der Waals surface area (Å²) in [6, 6.07) is 9.42. The fourth-order valence-electron chi connectivity index (χ4n) is 3.01. The van der Waals surface area contributed by atoms with Gasteiger partial charge in [0.1, 0.15) is 11.6 Å². The predicted molar refractivity (Wildman–Crippen MR) is 102 cm³/mol. The molecule has 1 aromatic heterocycles. The molecule has 3 rings (SSSR count). The molecule has 1 fully saturated rings. The number of carbonyl (C=O) groups excluding carboxylic acids is 2. The van der Waals surface area contributed by atoms with Gasteiger partial charge in [0.05, 0.1) is 0 Å². The largest absolute Gasteiger partial charge is 0.367 e. The zero-order valence-corrected chi connectivity index (χ0v) is 15.1. The first-order valence-corrected chi connectivity index (χ1v) is 8.95. The monoisotopic (exact) mass is 384 g/mol.